The van der Waals surface area contributed by atoms with Gasteiger partial charge in [-0.3, -0.25) is 4.79 Å². The van der Waals surface area contributed by atoms with Gasteiger partial charge in [-0.15, -0.1) is 10.2 Å². The third-order valence-electron chi connectivity index (χ3n) is 4.71. The Bertz CT molecular complexity index is 910. The largest absolute Gasteiger partial charge is 0.497 e. The van der Waals surface area contributed by atoms with E-state index in [2.05, 4.69) is 10.2 Å². The van der Waals surface area contributed by atoms with E-state index < -0.39 is 0 Å². The van der Waals surface area contributed by atoms with Gasteiger partial charge in [-0.2, -0.15) is 0 Å². The summed E-state index contributed by atoms with van der Waals surface area (Å²) < 4.78 is 16.5. The predicted octanol–water partition coefficient (Wildman–Crippen LogP) is 3.33. The lowest BCUT2D eigenvalue weighted by Gasteiger charge is -2.17. The Morgan fingerprint density at radius 2 is 1.63 bits per heavy atom. The van der Waals surface area contributed by atoms with Crippen LogP contribution >= 0.6 is 0 Å². The van der Waals surface area contributed by atoms with E-state index in [0.29, 0.717) is 44.2 Å². The van der Waals surface area contributed by atoms with Gasteiger partial charge in [-0.25, -0.2) is 0 Å². The molecule has 1 amide bonds. The number of hydrogen-bond acceptors (Lipinski definition) is 6. The Morgan fingerprint density at radius 1 is 0.933 bits per heavy atom. The highest BCUT2D eigenvalue weighted by Gasteiger charge is 2.12. The first-order chi connectivity index (χ1) is 14.6. The van der Waals surface area contributed by atoms with Gasteiger partial charge < -0.3 is 18.8 Å². The molecule has 158 valence electrons. The zero-order valence-corrected chi connectivity index (χ0v) is 17.4. The molecule has 0 N–H and O–H groups in total. The Labute approximate surface area is 176 Å². The third kappa shape index (κ3) is 6.62. The Morgan fingerprint density at radius 3 is 2.33 bits per heavy atom. The maximum absolute atomic E-state index is 12.3. The molecule has 0 saturated carbocycles. The molecule has 0 aliphatic rings. The van der Waals surface area contributed by atoms with E-state index in [1.807, 2.05) is 54.6 Å². The van der Waals surface area contributed by atoms with Gasteiger partial charge in [0.15, 0.2) is 0 Å². The molecule has 3 aromatic rings. The lowest BCUT2D eigenvalue weighted by Crippen LogP contribution is -2.31. The van der Waals surface area contributed by atoms with Crippen molar-refractivity contribution < 1.29 is 18.7 Å². The fourth-order valence-corrected chi connectivity index (χ4v) is 2.88. The third-order valence-corrected chi connectivity index (χ3v) is 4.71. The summed E-state index contributed by atoms with van der Waals surface area (Å²) in [6.45, 7) is 0.965. The van der Waals surface area contributed by atoms with Crippen LogP contribution in [-0.4, -0.2) is 48.3 Å². The summed E-state index contributed by atoms with van der Waals surface area (Å²) in [6.07, 6.45) is 2.21. The number of benzene rings is 2. The molecule has 7 heteroatoms. The summed E-state index contributed by atoms with van der Waals surface area (Å²) >= 11 is 0. The molecule has 0 atom stereocenters. The van der Waals surface area contributed by atoms with E-state index in [9.17, 15) is 4.79 Å². The van der Waals surface area contributed by atoms with Crippen molar-refractivity contribution >= 4 is 5.91 Å². The van der Waals surface area contributed by atoms with Gasteiger partial charge in [-0.1, -0.05) is 30.3 Å². The number of carbonyl (C=O) groups is 1. The summed E-state index contributed by atoms with van der Waals surface area (Å²) in [6, 6.07) is 17.5. The number of methoxy groups -OCH3 is 1. The number of aryl methyl sites for hydroxylation is 3. The fraction of sp³-hybridized carbons (Fsp3) is 0.348. The summed E-state index contributed by atoms with van der Waals surface area (Å²) in [5.74, 6) is 2.72. The van der Waals surface area contributed by atoms with Gasteiger partial charge in [-0.05, 0) is 36.2 Å². The number of para-hydroxylation sites is 1. The van der Waals surface area contributed by atoms with Crippen molar-refractivity contribution in [2.45, 2.75) is 25.7 Å². The first kappa shape index (κ1) is 21.4. The summed E-state index contributed by atoms with van der Waals surface area (Å²) in [5, 5.41) is 8.14. The Kier molecular flexibility index (Phi) is 7.83. The van der Waals surface area contributed by atoms with Crippen LogP contribution in [0.15, 0.2) is 59.0 Å². The number of likely N-dealkylation sites (N-methyl/N-ethyl adjacent to an activating group) is 1. The minimum Gasteiger partial charge on any atom is -0.497 e. The summed E-state index contributed by atoms with van der Waals surface area (Å²) in [4.78, 5) is 14.0. The van der Waals surface area contributed by atoms with Crippen LogP contribution in [0, 0.1) is 0 Å². The lowest BCUT2D eigenvalue weighted by atomic mass is 10.1. The molecule has 0 spiro atoms. The molecule has 2 aromatic carbocycles. The molecule has 0 aliphatic heterocycles. The molecule has 0 aliphatic carbocycles. The maximum atomic E-state index is 12.3. The van der Waals surface area contributed by atoms with E-state index in [1.54, 1.807) is 19.1 Å². The van der Waals surface area contributed by atoms with Crippen LogP contribution in [-0.2, 0) is 24.1 Å². The van der Waals surface area contributed by atoms with E-state index in [0.717, 1.165) is 17.9 Å². The van der Waals surface area contributed by atoms with Gasteiger partial charge >= 0.3 is 0 Å². The monoisotopic (exact) mass is 409 g/mol. The molecule has 0 fully saturated rings. The van der Waals surface area contributed by atoms with Crippen LogP contribution in [0.3, 0.4) is 0 Å². The lowest BCUT2D eigenvalue weighted by molar-refractivity contribution is -0.130. The van der Waals surface area contributed by atoms with Crippen molar-refractivity contribution in [3.05, 3.63) is 71.9 Å². The van der Waals surface area contributed by atoms with Crippen molar-refractivity contribution in [3.63, 3.8) is 0 Å². The van der Waals surface area contributed by atoms with Crippen LogP contribution in [0.25, 0.3) is 0 Å². The topological polar surface area (TPSA) is 77.7 Å². The van der Waals surface area contributed by atoms with Crippen molar-refractivity contribution in [2.24, 2.45) is 0 Å². The second-order valence-corrected chi connectivity index (χ2v) is 6.91. The Hall–Kier alpha value is -3.35. The van der Waals surface area contributed by atoms with Gasteiger partial charge in [0.1, 0.15) is 18.1 Å². The number of nitrogens with zero attached hydrogens (tertiary/aromatic N) is 3. The molecule has 0 saturated heterocycles. The normalized spacial score (nSPS) is 10.6. The summed E-state index contributed by atoms with van der Waals surface area (Å²) in [7, 11) is 3.42. The number of carbonyl (C=O) groups excluding carboxylic acids is 1. The molecular weight excluding hydrogens is 382 g/mol. The van der Waals surface area contributed by atoms with E-state index in [4.69, 9.17) is 13.9 Å². The number of rotatable bonds is 11. The highest BCUT2D eigenvalue weighted by atomic mass is 16.5. The molecule has 0 bridgehead atoms. The second kappa shape index (κ2) is 11.0. The van der Waals surface area contributed by atoms with Crippen molar-refractivity contribution in [1.82, 2.24) is 15.1 Å². The minimum absolute atomic E-state index is 0.0182. The van der Waals surface area contributed by atoms with E-state index >= 15 is 0 Å². The number of amides is 1. The van der Waals surface area contributed by atoms with Crippen LogP contribution in [0.5, 0.6) is 11.5 Å². The summed E-state index contributed by atoms with van der Waals surface area (Å²) in [5.41, 5.74) is 1.17. The molecule has 3 rings (SSSR count). The fourth-order valence-electron chi connectivity index (χ4n) is 2.88. The highest BCUT2D eigenvalue weighted by Crippen LogP contribution is 2.14. The first-order valence-electron chi connectivity index (χ1n) is 10.00. The molecule has 0 unspecified atom stereocenters. The van der Waals surface area contributed by atoms with Gasteiger partial charge in [0.25, 0.3) is 0 Å². The van der Waals surface area contributed by atoms with Gasteiger partial charge in [0.05, 0.1) is 13.7 Å². The molecule has 7 nitrogen and oxygen atoms in total. The number of aromatic nitrogens is 2. The smallest absolute Gasteiger partial charge is 0.222 e. The van der Waals surface area contributed by atoms with Crippen LogP contribution in [0.4, 0.5) is 0 Å². The van der Waals surface area contributed by atoms with Gasteiger partial charge in [0.2, 0.25) is 17.7 Å². The second-order valence-electron chi connectivity index (χ2n) is 6.91. The van der Waals surface area contributed by atoms with Crippen LogP contribution < -0.4 is 9.47 Å². The predicted molar refractivity (Wildman–Crippen MR) is 113 cm³/mol. The van der Waals surface area contributed by atoms with E-state index in [-0.39, 0.29) is 5.91 Å². The zero-order valence-electron chi connectivity index (χ0n) is 17.4. The minimum atomic E-state index is 0.0182. The standard InChI is InChI=1S/C23H27N3O4/c1-26(16-17-29-20-6-4-3-5-7-20)23(27)15-14-22-25-24-21(30-22)13-10-18-8-11-19(28-2)12-9-18/h3-9,11-12H,10,13-17H2,1-2H3. The van der Waals surface area contributed by atoms with Crippen LogP contribution in [0.1, 0.15) is 23.8 Å². The molecular formula is C23H27N3O4. The van der Waals surface area contributed by atoms with Crippen molar-refractivity contribution in [3.8, 4) is 11.5 Å². The van der Waals surface area contributed by atoms with Crippen molar-refractivity contribution in [2.75, 3.05) is 27.3 Å². The van der Waals surface area contributed by atoms with Crippen LogP contribution in [0.2, 0.25) is 0 Å². The average Bonchev–Trinajstić information content (AvgIpc) is 3.25. The number of hydrogen-bond donors (Lipinski definition) is 0. The zero-order chi connectivity index (χ0) is 21.2. The maximum Gasteiger partial charge on any atom is 0.222 e. The quantitative estimate of drug-likeness (QED) is 0.483. The SMILES string of the molecule is COc1ccc(CCc2nnc(CCC(=O)N(C)CCOc3ccccc3)o2)cc1. The molecule has 30 heavy (non-hydrogen) atoms. The molecule has 1 heterocycles. The molecule has 1 aromatic heterocycles. The average molecular weight is 409 g/mol. The van der Waals surface area contributed by atoms with Crippen molar-refractivity contribution in [1.29, 1.82) is 0 Å². The Balaban J connectivity index is 1.36. The van der Waals surface area contributed by atoms with Gasteiger partial charge in [0, 0.05) is 26.3 Å². The first-order valence-corrected chi connectivity index (χ1v) is 10.00. The molecule has 0 radical (unpaired) electrons. The highest BCUT2D eigenvalue weighted by molar-refractivity contribution is 5.75. The van der Waals surface area contributed by atoms with E-state index in [1.165, 1.54) is 5.56 Å². The number of ether oxygens (including phenoxy) is 2.